The maximum absolute atomic E-state index is 12.6. The van der Waals surface area contributed by atoms with Gasteiger partial charge in [-0.05, 0) is 24.1 Å². The highest BCUT2D eigenvalue weighted by atomic mass is 19.4. The van der Waals surface area contributed by atoms with Crippen molar-refractivity contribution in [2.75, 3.05) is 33.3 Å². The van der Waals surface area contributed by atoms with Gasteiger partial charge in [0.05, 0.1) is 7.11 Å². The molecule has 0 saturated carbocycles. The Kier molecular flexibility index (Phi) is 5.47. The molecule has 1 atom stereocenters. The van der Waals surface area contributed by atoms with Crippen LogP contribution in [0.3, 0.4) is 0 Å². The first kappa shape index (κ1) is 16.1. The molecule has 0 radical (unpaired) electrons. The third kappa shape index (κ3) is 4.89. The number of rotatable bonds is 5. The molecule has 1 aromatic rings. The Labute approximate surface area is 123 Å². The van der Waals surface area contributed by atoms with Gasteiger partial charge in [0.15, 0.2) is 0 Å². The highest BCUT2D eigenvalue weighted by Gasteiger charge is 2.31. The van der Waals surface area contributed by atoms with Crippen molar-refractivity contribution in [1.82, 2.24) is 10.2 Å². The lowest BCUT2D eigenvalue weighted by molar-refractivity contribution is -0.138. The molecular weight excluding hydrogens is 281 g/mol. The standard InChI is InChI=1S/C15H21F3N2O/c1-21-13-4-2-12(3-5-13)14(6-7-15(16,17)18)20-10-8-19-9-11-20/h2-5,14,19H,6-11H2,1H3/t14-/m0/s1. The van der Waals surface area contributed by atoms with Gasteiger partial charge in [-0.25, -0.2) is 0 Å². The Balaban J connectivity index is 2.12. The van der Waals surface area contributed by atoms with Gasteiger partial charge in [0, 0.05) is 38.6 Å². The molecule has 0 bridgehead atoms. The van der Waals surface area contributed by atoms with Gasteiger partial charge in [-0.15, -0.1) is 0 Å². The van der Waals surface area contributed by atoms with Crippen molar-refractivity contribution in [3.8, 4) is 5.75 Å². The van der Waals surface area contributed by atoms with E-state index in [2.05, 4.69) is 10.2 Å². The van der Waals surface area contributed by atoms with Crippen LogP contribution >= 0.6 is 0 Å². The Morgan fingerprint density at radius 3 is 2.33 bits per heavy atom. The topological polar surface area (TPSA) is 24.5 Å². The molecule has 6 heteroatoms. The monoisotopic (exact) mass is 302 g/mol. The first-order chi connectivity index (χ1) is 9.99. The van der Waals surface area contributed by atoms with E-state index in [-0.39, 0.29) is 12.5 Å². The van der Waals surface area contributed by atoms with Gasteiger partial charge in [-0.1, -0.05) is 12.1 Å². The molecule has 118 valence electrons. The number of ether oxygens (including phenoxy) is 1. The van der Waals surface area contributed by atoms with Gasteiger partial charge in [0.2, 0.25) is 0 Å². The van der Waals surface area contributed by atoms with Crippen LogP contribution in [-0.2, 0) is 0 Å². The van der Waals surface area contributed by atoms with Gasteiger partial charge >= 0.3 is 6.18 Å². The van der Waals surface area contributed by atoms with Crippen LogP contribution in [0.25, 0.3) is 0 Å². The number of methoxy groups -OCH3 is 1. The minimum Gasteiger partial charge on any atom is -0.497 e. The number of nitrogens with one attached hydrogen (secondary N) is 1. The van der Waals surface area contributed by atoms with Crippen molar-refractivity contribution in [2.24, 2.45) is 0 Å². The van der Waals surface area contributed by atoms with Crippen molar-refractivity contribution in [1.29, 1.82) is 0 Å². The lowest BCUT2D eigenvalue weighted by Crippen LogP contribution is -2.45. The normalized spacial score (nSPS) is 18.5. The molecule has 1 aliphatic heterocycles. The minimum absolute atomic E-state index is 0.0931. The predicted molar refractivity (Wildman–Crippen MR) is 75.5 cm³/mol. The van der Waals surface area contributed by atoms with E-state index < -0.39 is 12.6 Å². The van der Waals surface area contributed by atoms with E-state index in [0.29, 0.717) is 5.75 Å². The third-order valence-electron chi connectivity index (χ3n) is 3.79. The molecular formula is C15H21F3N2O. The fraction of sp³-hybridized carbons (Fsp3) is 0.600. The third-order valence-corrected chi connectivity index (χ3v) is 3.79. The smallest absolute Gasteiger partial charge is 0.389 e. The largest absolute Gasteiger partial charge is 0.497 e. The zero-order chi connectivity index (χ0) is 15.3. The van der Waals surface area contributed by atoms with Crippen molar-refractivity contribution in [3.63, 3.8) is 0 Å². The minimum atomic E-state index is -4.11. The number of hydrogen-bond acceptors (Lipinski definition) is 3. The van der Waals surface area contributed by atoms with E-state index in [4.69, 9.17) is 4.74 Å². The Morgan fingerprint density at radius 2 is 1.81 bits per heavy atom. The summed E-state index contributed by atoms with van der Waals surface area (Å²) in [6.45, 7) is 3.18. The molecule has 1 aromatic carbocycles. The maximum Gasteiger partial charge on any atom is 0.389 e. The number of nitrogens with zero attached hydrogens (tertiary/aromatic N) is 1. The van der Waals surface area contributed by atoms with Gasteiger partial charge in [0.1, 0.15) is 5.75 Å². The van der Waals surface area contributed by atoms with Crippen LogP contribution in [0, 0.1) is 0 Å². The average molecular weight is 302 g/mol. The first-order valence-electron chi connectivity index (χ1n) is 7.15. The Bertz CT molecular complexity index is 428. The molecule has 1 heterocycles. The Morgan fingerprint density at radius 1 is 1.19 bits per heavy atom. The second-order valence-electron chi connectivity index (χ2n) is 5.23. The molecule has 1 fully saturated rings. The van der Waals surface area contributed by atoms with E-state index in [1.165, 1.54) is 0 Å². The maximum atomic E-state index is 12.6. The average Bonchev–Trinajstić information content (AvgIpc) is 2.48. The lowest BCUT2D eigenvalue weighted by atomic mass is 9.99. The number of halogens is 3. The molecule has 0 aliphatic carbocycles. The summed E-state index contributed by atoms with van der Waals surface area (Å²) in [7, 11) is 1.58. The zero-order valence-electron chi connectivity index (χ0n) is 12.1. The highest BCUT2D eigenvalue weighted by Crippen LogP contribution is 2.32. The molecule has 1 N–H and O–H groups in total. The van der Waals surface area contributed by atoms with E-state index in [1.54, 1.807) is 19.2 Å². The molecule has 0 spiro atoms. The quantitative estimate of drug-likeness (QED) is 0.905. The summed E-state index contributed by atoms with van der Waals surface area (Å²) in [6, 6.07) is 7.14. The van der Waals surface area contributed by atoms with Gasteiger partial charge in [-0.2, -0.15) is 13.2 Å². The van der Waals surface area contributed by atoms with Crippen LogP contribution in [0.1, 0.15) is 24.4 Å². The SMILES string of the molecule is COc1ccc([C@H](CCC(F)(F)F)N2CCNCC2)cc1. The van der Waals surface area contributed by atoms with E-state index in [0.717, 1.165) is 31.7 Å². The number of piperazine rings is 1. The van der Waals surface area contributed by atoms with E-state index >= 15 is 0 Å². The van der Waals surface area contributed by atoms with Crippen molar-refractivity contribution >= 4 is 0 Å². The number of hydrogen-bond donors (Lipinski definition) is 1. The summed E-state index contributed by atoms with van der Waals surface area (Å²) in [4.78, 5) is 2.13. The Hall–Kier alpha value is -1.27. The fourth-order valence-corrected chi connectivity index (χ4v) is 2.68. The summed E-state index contributed by atoms with van der Waals surface area (Å²) in [5.41, 5.74) is 0.918. The number of alkyl halides is 3. The summed E-state index contributed by atoms with van der Waals surface area (Å²) in [5.74, 6) is 0.716. The van der Waals surface area contributed by atoms with Crippen LogP contribution < -0.4 is 10.1 Å². The van der Waals surface area contributed by atoms with E-state index in [1.807, 2.05) is 12.1 Å². The molecule has 2 rings (SSSR count). The van der Waals surface area contributed by atoms with Crippen molar-refractivity contribution in [3.05, 3.63) is 29.8 Å². The molecule has 1 aliphatic rings. The molecule has 21 heavy (non-hydrogen) atoms. The van der Waals surface area contributed by atoms with Crippen LogP contribution in [0.4, 0.5) is 13.2 Å². The molecule has 0 unspecified atom stereocenters. The summed E-state index contributed by atoms with van der Waals surface area (Å²) in [6.07, 6.45) is -4.78. The van der Waals surface area contributed by atoms with Crippen LogP contribution in [0.5, 0.6) is 5.75 Å². The van der Waals surface area contributed by atoms with Crippen molar-refractivity contribution in [2.45, 2.75) is 25.1 Å². The second-order valence-corrected chi connectivity index (χ2v) is 5.23. The molecule has 1 saturated heterocycles. The zero-order valence-corrected chi connectivity index (χ0v) is 12.1. The van der Waals surface area contributed by atoms with Gasteiger partial charge < -0.3 is 10.1 Å². The van der Waals surface area contributed by atoms with Gasteiger partial charge in [-0.3, -0.25) is 4.90 Å². The summed E-state index contributed by atoms with van der Waals surface area (Å²) < 4.78 is 42.8. The van der Waals surface area contributed by atoms with Gasteiger partial charge in [0.25, 0.3) is 0 Å². The predicted octanol–water partition coefficient (Wildman–Crippen LogP) is 2.98. The lowest BCUT2D eigenvalue weighted by Gasteiger charge is -2.35. The first-order valence-corrected chi connectivity index (χ1v) is 7.15. The number of benzene rings is 1. The van der Waals surface area contributed by atoms with Crippen LogP contribution in [0.15, 0.2) is 24.3 Å². The molecule has 0 amide bonds. The van der Waals surface area contributed by atoms with Crippen LogP contribution in [-0.4, -0.2) is 44.4 Å². The van der Waals surface area contributed by atoms with E-state index in [9.17, 15) is 13.2 Å². The molecule has 3 nitrogen and oxygen atoms in total. The summed E-state index contributed by atoms with van der Waals surface area (Å²) in [5, 5.41) is 3.23. The second kappa shape index (κ2) is 7.13. The summed E-state index contributed by atoms with van der Waals surface area (Å²) >= 11 is 0. The fourth-order valence-electron chi connectivity index (χ4n) is 2.68. The van der Waals surface area contributed by atoms with Crippen LogP contribution in [0.2, 0.25) is 0 Å². The molecule has 0 aromatic heterocycles. The van der Waals surface area contributed by atoms with Crippen molar-refractivity contribution < 1.29 is 17.9 Å². The highest BCUT2D eigenvalue weighted by molar-refractivity contribution is 5.29.